The molecule has 0 N–H and O–H groups in total. The van der Waals surface area contributed by atoms with Gasteiger partial charge < -0.3 is 0 Å². The Bertz CT molecular complexity index is 440. The van der Waals surface area contributed by atoms with E-state index in [4.69, 9.17) is 11.6 Å². The lowest BCUT2D eigenvalue weighted by molar-refractivity contribution is 0.626. The van der Waals surface area contributed by atoms with Crippen molar-refractivity contribution < 1.29 is 4.39 Å². The molecule has 0 spiro atoms. The first kappa shape index (κ1) is 8.01. The molecule has 2 heterocycles. The summed E-state index contributed by atoms with van der Waals surface area (Å²) in [5, 5.41) is 4.01. The number of hydrogen-bond donors (Lipinski definition) is 0. The van der Waals surface area contributed by atoms with Crippen molar-refractivity contribution in [3.63, 3.8) is 0 Å². The maximum atomic E-state index is 12.9. The van der Waals surface area contributed by atoms with E-state index < -0.39 is 5.82 Å². The van der Waals surface area contributed by atoms with Crippen LogP contribution in [-0.2, 0) is 0 Å². The van der Waals surface area contributed by atoms with E-state index in [9.17, 15) is 4.39 Å². The third kappa shape index (κ3) is 1.11. The van der Waals surface area contributed by atoms with Crippen molar-refractivity contribution in [2.45, 2.75) is 0 Å². The summed E-state index contributed by atoms with van der Waals surface area (Å²) in [4.78, 5) is 0. The number of aromatic nitrogens is 2. The van der Waals surface area contributed by atoms with E-state index in [0.717, 1.165) is 4.47 Å². The quantitative estimate of drug-likeness (QED) is 0.702. The lowest BCUT2D eigenvalue weighted by Crippen LogP contribution is -1.88. The predicted molar refractivity (Wildman–Crippen MR) is 47.9 cm³/mol. The summed E-state index contributed by atoms with van der Waals surface area (Å²) in [6.45, 7) is 0. The molecule has 2 aromatic rings. The van der Waals surface area contributed by atoms with Gasteiger partial charge in [-0.25, -0.2) is 8.91 Å². The molecule has 0 radical (unpaired) electrons. The Morgan fingerprint density at radius 1 is 1.58 bits per heavy atom. The topological polar surface area (TPSA) is 17.3 Å². The number of halogens is 3. The van der Waals surface area contributed by atoms with Crippen LogP contribution in [-0.4, -0.2) is 9.61 Å². The van der Waals surface area contributed by atoms with Crippen LogP contribution in [0, 0.1) is 5.82 Å². The number of pyridine rings is 1. The predicted octanol–water partition coefficient (Wildman–Crippen LogP) is 2.89. The molecule has 0 saturated carbocycles. The maximum Gasteiger partial charge on any atom is 0.145 e. The third-order valence-corrected chi connectivity index (χ3v) is 2.40. The van der Waals surface area contributed by atoms with Crippen LogP contribution in [0.1, 0.15) is 0 Å². The monoisotopic (exact) mass is 248 g/mol. The normalized spacial score (nSPS) is 10.9. The average Bonchev–Trinajstić information content (AvgIpc) is 2.35. The molecule has 62 valence electrons. The van der Waals surface area contributed by atoms with E-state index in [1.807, 2.05) is 0 Å². The van der Waals surface area contributed by atoms with Gasteiger partial charge in [-0.2, -0.15) is 5.10 Å². The summed E-state index contributed by atoms with van der Waals surface area (Å²) in [5.74, 6) is -0.439. The summed E-state index contributed by atoms with van der Waals surface area (Å²) >= 11 is 8.78. The minimum absolute atomic E-state index is 0.0677. The molecule has 0 aliphatic rings. The Labute approximate surface area is 81.1 Å². The van der Waals surface area contributed by atoms with Crippen LogP contribution in [0.5, 0.6) is 0 Å². The molecule has 0 unspecified atom stereocenters. The van der Waals surface area contributed by atoms with Gasteiger partial charge in [0.2, 0.25) is 0 Å². The lowest BCUT2D eigenvalue weighted by Gasteiger charge is -1.95. The fourth-order valence-electron chi connectivity index (χ4n) is 0.947. The molecule has 0 atom stereocenters. The molecule has 2 aromatic heterocycles. The summed E-state index contributed by atoms with van der Waals surface area (Å²) in [6.07, 6.45) is 3.02. The molecule has 0 aromatic carbocycles. The van der Waals surface area contributed by atoms with Crippen LogP contribution in [0.3, 0.4) is 0 Å². The van der Waals surface area contributed by atoms with Gasteiger partial charge in [-0.1, -0.05) is 11.6 Å². The molecule has 0 aliphatic carbocycles. The van der Waals surface area contributed by atoms with Crippen LogP contribution in [0.15, 0.2) is 22.9 Å². The zero-order valence-corrected chi connectivity index (χ0v) is 8.10. The fourth-order valence-corrected chi connectivity index (χ4v) is 1.48. The smallest absolute Gasteiger partial charge is 0.145 e. The first-order chi connectivity index (χ1) is 5.68. The van der Waals surface area contributed by atoms with Crippen molar-refractivity contribution in [2.75, 3.05) is 0 Å². The molecular weight excluding hydrogens is 246 g/mol. The largest absolute Gasteiger partial charge is 0.238 e. The molecular formula is C7H3BrClFN2. The van der Waals surface area contributed by atoms with Crippen molar-refractivity contribution in [1.29, 1.82) is 0 Å². The van der Waals surface area contributed by atoms with Crippen LogP contribution in [0.2, 0.25) is 5.02 Å². The lowest BCUT2D eigenvalue weighted by atomic mass is 10.4. The van der Waals surface area contributed by atoms with Gasteiger partial charge >= 0.3 is 0 Å². The number of nitrogens with zero attached hydrogens (tertiary/aromatic N) is 2. The third-order valence-electron chi connectivity index (χ3n) is 1.51. The second-order valence-corrected chi connectivity index (χ2v) is 3.55. The molecule has 12 heavy (non-hydrogen) atoms. The van der Waals surface area contributed by atoms with Crippen molar-refractivity contribution in [1.82, 2.24) is 9.61 Å². The van der Waals surface area contributed by atoms with E-state index in [2.05, 4.69) is 21.0 Å². The molecule has 0 amide bonds. The highest BCUT2D eigenvalue weighted by atomic mass is 79.9. The Balaban J connectivity index is 2.87. The Morgan fingerprint density at radius 3 is 3.08 bits per heavy atom. The number of hydrogen-bond acceptors (Lipinski definition) is 1. The summed E-state index contributed by atoms with van der Waals surface area (Å²) < 4.78 is 15.2. The van der Waals surface area contributed by atoms with Crippen molar-refractivity contribution in [2.24, 2.45) is 0 Å². The summed E-state index contributed by atoms with van der Waals surface area (Å²) in [5.41, 5.74) is 0.664. The van der Waals surface area contributed by atoms with Gasteiger partial charge in [0.15, 0.2) is 0 Å². The molecule has 0 bridgehead atoms. The highest BCUT2D eigenvalue weighted by Crippen LogP contribution is 2.21. The van der Waals surface area contributed by atoms with Crippen molar-refractivity contribution in [3.8, 4) is 0 Å². The molecule has 5 heteroatoms. The Morgan fingerprint density at radius 2 is 2.33 bits per heavy atom. The van der Waals surface area contributed by atoms with E-state index in [0.29, 0.717) is 5.52 Å². The second-order valence-electron chi connectivity index (χ2n) is 2.29. The number of rotatable bonds is 0. The van der Waals surface area contributed by atoms with E-state index in [1.54, 1.807) is 6.20 Å². The van der Waals surface area contributed by atoms with Gasteiger partial charge in [0.05, 0.1) is 27.4 Å². The van der Waals surface area contributed by atoms with Gasteiger partial charge in [0.1, 0.15) is 5.82 Å². The maximum absolute atomic E-state index is 12.9. The van der Waals surface area contributed by atoms with Crippen LogP contribution >= 0.6 is 27.5 Å². The van der Waals surface area contributed by atoms with Crippen molar-refractivity contribution in [3.05, 3.63) is 33.8 Å². The minimum Gasteiger partial charge on any atom is -0.238 e. The van der Waals surface area contributed by atoms with Gasteiger partial charge in [0, 0.05) is 6.07 Å². The second kappa shape index (κ2) is 2.71. The first-order valence-electron chi connectivity index (χ1n) is 3.16. The highest BCUT2D eigenvalue weighted by molar-refractivity contribution is 9.10. The molecule has 0 aliphatic heterocycles. The van der Waals surface area contributed by atoms with E-state index in [-0.39, 0.29) is 5.02 Å². The molecule has 0 fully saturated rings. The van der Waals surface area contributed by atoms with Gasteiger partial charge in [-0.05, 0) is 15.9 Å². The van der Waals surface area contributed by atoms with E-state index in [1.165, 1.54) is 16.8 Å². The molecule has 2 nitrogen and oxygen atoms in total. The van der Waals surface area contributed by atoms with Gasteiger partial charge in [-0.3, -0.25) is 0 Å². The van der Waals surface area contributed by atoms with Crippen LogP contribution < -0.4 is 0 Å². The first-order valence-corrected chi connectivity index (χ1v) is 4.33. The average molecular weight is 249 g/mol. The fraction of sp³-hybridized carbons (Fsp3) is 0. The molecule has 2 rings (SSSR count). The van der Waals surface area contributed by atoms with Gasteiger partial charge in [0.25, 0.3) is 0 Å². The zero-order chi connectivity index (χ0) is 8.72. The minimum atomic E-state index is -0.439. The van der Waals surface area contributed by atoms with Crippen molar-refractivity contribution >= 4 is 33.0 Å². The van der Waals surface area contributed by atoms with Gasteiger partial charge in [-0.15, -0.1) is 0 Å². The van der Waals surface area contributed by atoms with Crippen LogP contribution in [0.4, 0.5) is 4.39 Å². The standard InChI is InChI=1S/C7H3BrClFN2/c8-4-2-11-12-3-5(9)6(10)1-7(4)12/h1-3H. The summed E-state index contributed by atoms with van der Waals surface area (Å²) in [6, 6.07) is 1.33. The van der Waals surface area contributed by atoms with E-state index >= 15 is 0 Å². The highest BCUT2D eigenvalue weighted by Gasteiger charge is 2.05. The Kier molecular flexibility index (Phi) is 1.81. The summed E-state index contributed by atoms with van der Waals surface area (Å²) in [7, 11) is 0. The number of fused-ring (bicyclic) bond motifs is 1. The Hall–Kier alpha value is -0.610. The SMILES string of the molecule is Fc1cc2c(Br)cnn2cc1Cl. The van der Waals surface area contributed by atoms with Crippen LogP contribution in [0.25, 0.3) is 5.52 Å². The zero-order valence-electron chi connectivity index (χ0n) is 5.76. The molecule has 0 saturated heterocycles.